The van der Waals surface area contributed by atoms with E-state index < -0.39 is 0 Å². The Bertz CT molecular complexity index is 550. The average Bonchev–Trinajstić information content (AvgIpc) is 2.81. The summed E-state index contributed by atoms with van der Waals surface area (Å²) in [5.41, 5.74) is 3.01. The first-order valence-electron chi connectivity index (χ1n) is 6.79. The Morgan fingerprint density at radius 1 is 1.20 bits per heavy atom. The molecule has 1 aromatic carbocycles. The molecule has 1 heterocycles. The molecule has 1 fully saturated rings. The van der Waals surface area contributed by atoms with Crippen LogP contribution in [-0.4, -0.2) is 36.6 Å². The SMILES string of the molecule is COc1cc(OC)c2c(c1)C1(CCSCC1)C/C2=N/O. The third-order valence-electron chi connectivity index (χ3n) is 4.47. The first-order valence-corrected chi connectivity index (χ1v) is 7.95. The van der Waals surface area contributed by atoms with Crippen LogP contribution in [0.25, 0.3) is 0 Å². The van der Waals surface area contributed by atoms with Gasteiger partial charge in [0.25, 0.3) is 0 Å². The topological polar surface area (TPSA) is 51.0 Å². The number of oxime groups is 1. The van der Waals surface area contributed by atoms with Crippen molar-refractivity contribution in [2.45, 2.75) is 24.7 Å². The molecule has 1 aromatic rings. The number of fused-ring (bicyclic) bond motifs is 2. The summed E-state index contributed by atoms with van der Waals surface area (Å²) in [6.45, 7) is 0. The lowest BCUT2D eigenvalue weighted by molar-refractivity contribution is 0.315. The molecule has 0 unspecified atom stereocenters. The number of rotatable bonds is 2. The number of methoxy groups -OCH3 is 2. The van der Waals surface area contributed by atoms with Crippen molar-refractivity contribution in [3.63, 3.8) is 0 Å². The van der Waals surface area contributed by atoms with Crippen LogP contribution in [0.15, 0.2) is 17.3 Å². The molecule has 0 radical (unpaired) electrons. The van der Waals surface area contributed by atoms with Crippen LogP contribution < -0.4 is 9.47 Å². The van der Waals surface area contributed by atoms with Crippen molar-refractivity contribution in [2.75, 3.05) is 25.7 Å². The van der Waals surface area contributed by atoms with Crippen molar-refractivity contribution >= 4 is 17.5 Å². The maximum Gasteiger partial charge on any atom is 0.132 e. The van der Waals surface area contributed by atoms with Gasteiger partial charge < -0.3 is 14.7 Å². The Hall–Kier alpha value is -1.36. The van der Waals surface area contributed by atoms with Crippen molar-refractivity contribution in [1.29, 1.82) is 0 Å². The fourth-order valence-corrected chi connectivity index (χ4v) is 4.66. The molecule has 5 heteroatoms. The van der Waals surface area contributed by atoms with Gasteiger partial charge in [0, 0.05) is 23.5 Å². The molecule has 4 nitrogen and oxygen atoms in total. The molecule has 1 N–H and O–H groups in total. The van der Waals surface area contributed by atoms with Crippen LogP contribution in [0.5, 0.6) is 11.5 Å². The Morgan fingerprint density at radius 2 is 1.95 bits per heavy atom. The van der Waals surface area contributed by atoms with E-state index in [1.54, 1.807) is 14.2 Å². The average molecular weight is 293 g/mol. The minimum atomic E-state index is 0.0873. The Labute approximate surface area is 123 Å². The van der Waals surface area contributed by atoms with Gasteiger partial charge in [0.2, 0.25) is 0 Å². The molecule has 1 aliphatic carbocycles. The Morgan fingerprint density at radius 3 is 2.55 bits per heavy atom. The zero-order valence-corrected chi connectivity index (χ0v) is 12.6. The van der Waals surface area contributed by atoms with Crippen molar-refractivity contribution < 1.29 is 14.7 Å². The van der Waals surface area contributed by atoms with Crippen LogP contribution in [0.2, 0.25) is 0 Å². The number of benzene rings is 1. The van der Waals surface area contributed by atoms with Gasteiger partial charge in [0.15, 0.2) is 0 Å². The highest BCUT2D eigenvalue weighted by Crippen LogP contribution is 2.51. The van der Waals surface area contributed by atoms with E-state index in [1.165, 1.54) is 5.56 Å². The number of hydrogen-bond acceptors (Lipinski definition) is 5. The van der Waals surface area contributed by atoms with Gasteiger partial charge in [-0.15, -0.1) is 0 Å². The minimum absolute atomic E-state index is 0.0873. The highest BCUT2D eigenvalue weighted by atomic mass is 32.2. The van der Waals surface area contributed by atoms with Crippen LogP contribution in [0.1, 0.15) is 30.4 Å². The van der Waals surface area contributed by atoms with Crippen LogP contribution in [0.3, 0.4) is 0 Å². The van der Waals surface area contributed by atoms with E-state index in [-0.39, 0.29) is 5.41 Å². The van der Waals surface area contributed by atoms with E-state index in [4.69, 9.17) is 9.47 Å². The van der Waals surface area contributed by atoms with Crippen molar-refractivity contribution in [3.05, 3.63) is 23.3 Å². The van der Waals surface area contributed by atoms with Gasteiger partial charge in [-0.3, -0.25) is 0 Å². The van der Waals surface area contributed by atoms with E-state index in [0.29, 0.717) is 0 Å². The molecule has 2 aliphatic rings. The van der Waals surface area contributed by atoms with Gasteiger partial charge in [-0.25, -0.2) is 0 Å². The van der Waals surface area contributed by atoms with E-state index in [0.717, 1.165) is 53.5 Å². The second-order valence-electron chi connectivity index (χ2n) is 5.37. The third kappa shape index (κ3) is 1.95. The molecule has 0 bridgehead atoms. The van der Waals surface area contributed by atoms with Gasteiger partial charge in [-0.05, 0) is 36.0 Å². The molecule has 0 amide bonds. The summed E-state index contributed by atoms with van der Waals surface area (Å²) < 4.78 is 10.9. The summed E-state index contributed by atoms with van der Waals surface area (Å²) in [6.07, 6.45) is 3.02. The zero-order valence-electron chi connectivity index (χ0n) is 11.8. The van der Waals surface area contributed by atoms with Gasteiger partial charge >= 0.3 is 0 Å². The minimum Gasteiger partial charge on any atom is -0.497 e. The van der Waals surface area contributed by atoms with Crippen LogP contribution in [-0.2, 0) is 5.41 Å². The van der Waals surface area contributed by atoms with Crippen molar-refractivity contribution in [2.24, 2.45) is 5.16 Å². The second kappa shape index (κ2) is 5.20. The van der Waals surface area contributed by atoms with E-state index >= 15 is 0 Å². The first-order chi connectivity index (χ1) is 9.74. The highest BCUT2D eigenvalue weighted by molar-refractivity contribution is 7.99. The molecule has 1 saturated heterocycles. The number of ether oxygens (including phenoxy) is 2. The lowest BCUT2D eigenvalue weighted by Gasteiger charge is -2.33. The fourth-order valence-electron chi connectivity index (χ4n) is 3.38. The van der Waals surface area contributed by atoms with E-state index in [9.17, 15) is 5.21 Å². The fraction of sp³-hybridized carbons (Fsp3) is 0.533. The normalized spacial score (nSPS) is 22.0. The molecule has 1 spiro atoms. The molecule has 0 aromatic heterocycles. The number of hydrogen-bond donors (Lipinski definition) is 1. The van der Waals surface area contributed by atoms with Crippen LogP contribution in [0.4, 0.5) is 0 Å². The van der Waals surface area contributed by atoms with Crippen molar-refractivity contribution in [3.8, 4) is 11.5 Å². The predicted molar refractivity (Wildman–Crippen MR) is 80.7 cm³/mol. The maximum absolute atomic E-state index is 9.37. The molecule has 0 atom stereocenters. The Kier molecular flexibility index (Phi) is 3.54. The lowest BCUT2D eigenvalue weighted by atomic mass is 9.76. The second-order valence-corrected chi connectivity index (χ2v) is 6.59. The summed E-state index contributed by atoms with van der Waals surface area (Å²) in [7, 11) is 3.31. The van der Waals surface area contributed by atoms with Gasteiger partial charge in [-0.2, -0.15) is 11.8 Å². The van der Waals surface area contributed by atoms with Crippen LogP contribution >= 0.6 is 11.8 Å². The standard InChI is InChI=1S/C15H19NO3S/c1-18-10-7-11-14(13(8-10)19-2)12(16-17)9-15(11)3-5-20-6-4-15/h7-8,17H,3-6,9H2,1-2H3/b16-12-. The molecule has 3 rings (SSSR count). The Balaban J connectivity index is 2.20. The number of nitrogens with zero attached hydrogens (tertiary/aromatic N) is 1. The van der Waals surface area contributed by atoms with Gasteiger partial charge in [0.05, 0.1) is 19.9 Å². The zero-order chi connectivity index (χ0) is 14.2. The quantitative estimate of drug-likeness (QED) is 0.672. The highest BCUT2D eigenvalue weighted by Gasteiger charge is 2.45. The summed E-state index contributed by atoms with van der Waals surface area (Å²) in [5, 5.41) is 12.9. The monoisotopic (exact) mass is 293 g/mol. The molecule has 1 aliphatic heterocycles. The molecular formula is C15H19NO3S. The van der Waals surface area contributed by atoms with Gasteiger partial charge in [0.1, 0.15) is 11.5 Å². The summed E-state index contributed by atoms with van der Waals surface area (Å²) in [6, 6.07) is 3.95. The molecule has 0 saturated carbocycles. The number of thioether (sulfide) groups is 1. The van der Waals surface area contributed by atoms with E-state index in [2.05, 4.69) is 11.2 Å². The smallest absolute Gasteiger partial charge is 0.132 e. The third-order valence-corrected chi connectivity index (χ3v) is 5.45. The largest absolute Gasteiger partial charge is 0.497 e. The lowest BCUT2D eigenvalue weighted by Crippen LogP contribution is -2.28. The van der Waals surface area contributed by atoms with Gasteiger partial charge in [-0.1, -0.05) is 5.16 Å². The molecule has 108 valence electrons. The van der Waals surface area contributed by atoms with Crippen LogP contribution in [0, 0.1) is 0 Å². The summed E-state index contributed by atoms with van der Waals surface area (Å²) in [5.74, 6) is 3.84. The molecule has 20 heavy (non-hydrogen) atoms. The van der Waals surface area contributed by atoms with E-state index in [1.807, 2.05) is 17.8 Å². The maximum atomic E-state index is 9.37. The summed E-state index contributed by atoms with van der Waals surface area (Å²) >= 11 is 1.99. The first kappa shape index (κ1) is 13.6. The predicted octanol–water partition coefficient (Wildman–Crippen LogP) is 3.05. The van der Waals surface area contributed by atoms with Crippen molar-refractivity contribution in [1.82, 2.24) is 0 Å². The summed E-state index contributed by atoms with van der Waals surface area (Å²) in [4.78, 5) is 0. The molecular weight excluding hydrogens is 274 g/mol.